The normalized spacial score (nSPS) is 13.1. The molecule has 0 spiro atoms. The standard InChI is InChI=1S/C22H29BrN2O3S/c1-15-13-19(11-12-20(15)23)25(29(6,27)28)14-21(26)24-16(2)17-7-9-18(10-8-17)22(3,4)5/h7-13,16H,14H2,1-6H3,(H,24,26). The number of carbonyl (C=O) groups excluding carboxylic acids is 1. The van der Waals surface area contributed by atoms with Crippen molar-refractivity contribution >= 4 is 37.5 Å². The summed E-state index contributed by atoms with van der Waals surface area (Å²) >= 11 is 3.41. The predicted octanol–water partition coefficient (Wildman–Crippen LogP) is 4.70. The van der Waals surface area contributed by atoms with E-state index < -0.39 is 10.0 Å². The summed E-state index contributed by atoms with van der Waals surface area (Å²) in [4.78, 5) is 12.6. The summed E-state index contributed by atoms with van der Waals surface area (Å²) in [5.74, 6) is -0.358. The maximum atomic E-state index is 12.6. The molecule has 0 heterocycles. The summed E-state index contributed by atoms with van der Waals surface area (Å²) in [7, 11) is -3.61. The van der Waals surface area contributed by atoms with Crippen LogP contribution in [0.25, 0.3) is 0 Å². The van der Waals surface area contributed by atoms with Crippen molar-refractivity contribution in [1.82, 2.24) is 5.32 Å². The van der Waals surface area contributed by atoms with E-state index in [1.165, 1.54) is 5.56 Å². The number of halogens is 1. The summed E-state index contributed by atoms with van der Waals surface area (Å²) in [5.41, 5.74) is 3.60. The van der Waals surface area contributed by atoms with E-state index >= 15 is 0 Å². The second-order valence-electron chi connectivity index (χ2n) is 8.36. The molecule has 1 unspecified atom stereocenters. The van der Waals surface area contributed by atoms with E-state index in [1.54, 1.807) is 18.2 Å². The minimum absolute atomic E-state index is 0.0593. The number of aryl methyl sites for hydroxylation is 1. The van der Waals surface area contributed by atoms with E-state index in [4.69, 9.17) is 0 Å². The number of anilines is 1. The highest BCUT2D eigenvalue weighted by atomic mass is 79.9. The van der Waals surface area contributed by atoms with Crippen LogP contribution in [0.3, 0.4) is 0 Å². The van der Waals surface area contributed by atoms with Crippen LogP contribution in [0, 0.1) is 6.92 Å². The highest BCUT2D eigenvalue weighted by molar-refractivity contribution is 9.10. The Morgan fingerprint density at radius 1 is 1.14 bits per heavy atom. The monoisotopic (exact) mass is 480 g/mol. The highest BCUT2D eigenvalue weighted by Crippen LogP contribution is 2.25. The second-order valence-corrected chi connectivity index (χ2v) is 11.1. The first-order valence-corrected chi connectivity index (χ1v) is 12.1. The van der Waals surface area contributed by atoms with Crippen molar-refractivity contribution < 1.29 is 13.2 Å². The fourth-order valence-electron chi connectivity index (χ4n) is 2.96. The van der Waals surface area contributed by atoms with Crippen LogP contribution < -0.4 is 9.62 Å². The van der Waals surface area contributed by atoms with Gasteiger partial charge < -0.3 is 5.32 Å². The van der Waals surface area contributed by atoms with Crippen molar-refractivity contribution in [2.45, 2.75) is 46.1 Å². The van der Waals surface area contributed by atoms with Crippen molar-refractivity contribution in [2.24, 2.45) is 0 Å². The van der Waals surface area contributed by atoms with Gasteiger partial charge in [-0.2, -0.15) is 0 Å². The SMILES string of the molecule is Cc1cc(N(CC(=O)NC(C)c2ccc(C(C)(C)C)cc2)S(C)(=O)=O)ccc1Br. The van der Waals surface area contributed by atoms with E-state index in [1.807, 2.05) is 26.0 Å². The third kappa shape index (κ3) is 6.31. The van der Waals surface area contributed by atoms with Crippen molar-refractivity contribution in [3.63, 3.8) is 0 Å². The summed E-state index contributed by atoms with van der Waals surface area (Å²) in [6.45, 7) is 9.94. The molecular weight excluding hydrogens is 452 g/mol. The zero-order valence-corrected chi connectivity index (χ0v) is 20.2. The molecular formula is C22H29BrN2O3S. The van der Waals surface area contributed by atoms with E-state index in [2.05, 4.69) is 54.2 Å². The largest absolute Gasteiger partial charge is 0.348 e. The summed E-state index contributed by atoms with van der Waals surface area (Å²) in [6, 6.07) is 13.1. The number of hydrogen-bond acceptors (Lipinski definition) is 3. The third-order valence-electron chi connectivity index (χ3n) is 4.77. The van der Waals surface area contributed by atoms with Crippen molar-refractivity contribution in [1.29, 1.82) is 0 Å². The Morgan fingerprint density at radius 3 is 2.21 bits per heavy atom. The molecule has 29 heavy (non-hydrogen) atoms. The topological polar surface area (TPSA) is 66.5 Å². The van der Waals surface area contributed by atoms with Crippen molar-refractivity contribution in [2.75, 3.05) is 17.1 Å². The van der Waals surface area contributed by atoms with Crippen LogP contribution in [0.4, 0.5) is 5.69 Å². The van der Waals surface area contributed by atoms with Gasteiger partial charge in [0.2, 0.25) is 15.9 Å². The summed E-state index contributed by atoms with van der Waals surface area (Å²) < 4.78 is 26.6. The molecule has 0 aliphatic carbocycles. The van der Waals surface area contributed by atoms with Crippen LogP contribution in [0.15, 0.2) is 46.9 Å². The molecule has 1 N–H and O–H groups in total. The Labute approximate surface area is 182 Å². The zero-order valence-electron chi connectivity index (χ0n) is 17.8. The second kappa shape index (κ2) is 8.88. The van der Waals surface area contributed by atoms with Crippen LogP contribution >= 0.6 is 15.9 Å². The lowest BCUT2D eigenvalue weighted by Gasteiger charge is -2.24. The molecule has 0 aliphatic rings. The average molecular weight is 481 g/mol. The van der Waals surface area contributed by atoms with Crippen LogP contribution in [-0.2, 0) is 20.2 Å². The van der Waals surface area contributed by atoms with E-state index in [9.17, 15) is 13.2 Å². The molecule has 0 aromatic heterocycles. The minimum atomic E-state index is -3.61. The molecule has 1 atom stereocenters. The fraction of sp³-hybridized carbons (Fsp3) is 0.409. The number of carbonyl (C=O) groups is 1. The number of hydrogen-bond donors (Lipinski definition) is 1. The van der Waals surface area contributed by atoms with Crippen LogP contribution in [0.1, 0.15) is 50.4 Å². The van der Waals surface area contributed by atoms with E-state index in [0.717, 1.165) is 26.2 Å². The maximum Gasteiger partial charge on any atom is 0.241 e. The van der Waals surface area contributed by atoms with Gasteiger partial charge in [-0.1, -0.05) is 61.0 Å². The molecule has 158 valence electrons. The van der Waals surface area contributed by atoms with Gasteiger partial charge in [0.25, 0.3) is 0 Å². The minimum Gasteiger partial charge on any atom is -0.348 e. The lowest BCUT2D eigenvalue weighted by atomic mass is 9.86. The van der Waals surface area contributed by atoms with E-state index in [-0.39, 0.29) is 23.9 Å². The number of nitrogens with one attached hydrogen (secondary N) is 1. The van der Waals surface area contributed by atoms with Crippen LogP contribution in [-0.4, -0.2) is 27.1 Å². The molecule has 0 radical (unpaired) electrons. The average Bonchev–Trinajstić information content (AvgIpc) is 2.60. The Hall–Kier alpha value is -1.86. The molecule has 5 nitrogen and oxygen atoms in total. The smallest absolute Gasteiger partial charge is 0.241 e. The zero-order chi connectivity index (χ0) is 22.0. The van der Waals surface area contributed by atoms with Gasteiger partial charge in [0, 0.05) is 4.47 Å². The molecule has 2 rings (SSSR count). The Kier molecular flexibility index (Phi) is 7.17. The fourth-order valence-corrected chi connectivity index (χ4v) is 4.05. The first-order chi connectivity index (χ1) is 13.3. The number of nitrogens with zero attached hydrogens (tertiary/aromatic N) is 1. The molecule has 2 aromatic rings. The highest BCUT2D eigenvalue weighted by Gasteiger charge is 2.22. The Bertz CT molecular complexity index is 980. The van der Waals surface area contributed by atoms with E-state index in [0.29, 0.717) is 5.69 Å². The molecule has 1 amide bonds. The molecule has 0 saturated carbocycles. The summed E-state index contributed by atoms with van der Waals surface area (Å²) in [6.07, 6.45) is 1.10. The number of rotatable bonds is 6. The first kappa shape index (κ1) is 23.4. The Balaban J connectivity index is 2.14. The first-order valence-electron chi connectivity index (χ1n) is 9.42. The third-order valence-corrected chi connectivity index (χ3v) is 6.80. The van der Waals surface area contributed by atoms with Gasteiger partial charge in [-0.25, -0.2) is 8.42 Å². The number of amides is 1. The maximum absolute atomic E-state index is 12.6. The molecule has 0 bridgehead atoms. The van der Waals surface area contributed by atoms with Gasteiger partial charge in [-0.3, -0.25) is 9.10 Å². The van der Waals surface area contributed by atoms with Gasteiger partial charge in [0.05, 0.1) is 18.0 Å². The molecule has 0 saturated heterocycles. The van der Waals surface area contributed by atoms with Crippen LogP contribution in [0.5, 0.6) is 0 Å². The molecule has 2 aromatic carbocycles. The van der Waals surface area contributed by atoms with Crippen molar-refractivity contribution in [3.8, 4) is 0 Å². The molecule has 7 heteroatoms. The van der Waals surface area contributed by atoms with Gasteiger partial charge in [0.1, 0.15) is 6.54 Å². The van der Waals surface area contributed by atoms with Gasteiger partial charge in [-0.05, 0) is 54.2 Å². The predicted molar refractivity (Wildman–Crippen MR) is 123 cm³/mol. The van der Waals surface area contributed by atoms with Gasteiger partial charge in [-0.15, -0.1) is 0 Å². The molecule has 0 aliphatic heterocycles. The van der Waals surface area contributed by atoms with Gasteiger partial charge in [0.15, 0.2) is 0 Å². The number of sulfonamides is 1. The Morgan fingerprint density at radius 2 is 1.72 bits per heavy atom. The quantitative estimate of drug-likeness (QED) is 0.651. The lowest BCUT2D eigenvalue weighted by Crippen LogP contribution is -2.41. The number of benzene rings is 2. The van der Waals surface area contributed by atoms with Crippen molar-refractivity contribution in [3.05, 3.63) is 63.6 Å². The summed E-state index contributed by atoms with van der Waals surface area (Å²) in [5, 5.41) is 2.90. The molecule has 0 fully saturated rings. The van der Waals surface area contributed by atoms with Crippen LogP contribution in [0.2, 0.25) is 0 Å². The lowest BCUT2D eigenvalue weighted by molar-refractivity contribution is -0.120. The van der Waals surface area contributed by atoms with Gasteiger partial charge >= 0.3 is 0 Å².